The summed E-state index contributed by atoms with van der Waals surface area (Å²) in [6.45, 7) is 2.24. The van der Waals surface area contributed by atoms with Gasteiger partial charge < -0.3 is 4.74 Å². The topological polar surface area (TPSA) is 29.3 Å². The van der Waals surface area contributed by atoms with Gasteiger partial charge in [0.25, 0.3) is 0 Å². The Bertz CT molecular complexity index is 888. The predicted octanol–water partition coefficient (Wildman–Crippen LogP) is 5.53. The van der Waals surface area contributed by atoms with Crippen molar-refractivity contribution in [1.29, 1.82) is 0 Å². The summed E-state index contributed by atoms with van der Waals surface area (Å²) in [6.07, 6.45) is 0. The van der Waals surface area contributed by atoms with Crippen molar-refractivity contribution in [2.24, 2.45) is 0 Å². The van der Waals surface area contributed by atoms with E-state index < -0.39 is 0 Å². The highest BCUT2D eigenvalue weighted by molar-refractivity contribution is 9.10. The monoisotopic (exact) mass is 435 g/mol. The molecule has 0 aromatic heterocycles. The number of hydrogen-bond donors (Lipinski definition) is 0. The molecule has 1 heterocycles. The lowest BCUT2D eigenvalue weighted by Crippen LogP contribution is -2.20. The summed E-state index contributed by atoms with van der Waals surface area (Å²) < 4.78 is 6.43. The Kier molecular flexibility index (Phi) is 5.60. The summed E-state index contributed by atoms with van der Waals surface area (Å²) in [6, 6.07) is 28.6. The second-order valence-corrected chi connectivity index (χ2v) is 7.78. The summed E-state index contributed by atoms with van der Waals surface area (Å²) in [7, 11) is 0. The first-order valence-corrected chi connectivity index (χ1v) is 10.3. The van der Waals surface area contributed by atoms with E-state index in [1.165, 1.54) is 11.1 Å². The zero-order valence-corrected chi connectivity index (χ0v) is 17.2. The van der Waals surface area contributed by atoms with Gasteiger partial charge in [0.05, 0.1) is 18.7 Å². The fourth-order valence-corrected chi connectivity index (χ4v) is 4.13. The number of rotatable bonds is 6. The zero-order chi connectivity index (χ0) is 19.5. The van der Waals surface area contributed by atoms with E-state index in [0.29, 0.717) is 6.61 Å². The molecule has 1 saturated heterocycles. The molecule has 1 fully saturated rings. The van der Waals surface area contributed by atoms with Crippen molar-refractivity contribution in [1.82, 2.24) is 4.90 Å². The van der Waals surface area contributed by atoms with E-state index in [1.54, 1.807) is 0 Å². The number of esters is 1. The Morgan fingerprint density at radius 3 is 1.96 bits per heavy atom. The van der Waals surface area contributed by atoms with Gasteiger partial charge in [0.2, 0.25) is 0 Å². The first-order chi connectivity index (χ1) is 13.7. The number of ether oxygens (including phenoxy) is 1. The van der Waals surface area contributed by atoms with Crippen LogP contribution in [0.25, 0.3) is 0 Å². The van der Waals surface area contributed by atoms with Crippen LogP contribution in [0.15, 0.2) is 89.4 Å². The van der Waals surface area contributed by atoms with E-state index in [9.17, 15) is 4.79 Å². The molecule has 4 rings (SSSR count). The quantitative estimate of drug-likeness (QED) is 0.376. The molecule has 3 aromatic carbocycles. The van der Waals surface area contributed by atoms with Crippen LogP contribution in [0, 0.1) is 0 Å². The van der Waals surface area contributed by atoms with Crippen LogP contribution in [-0.2, 0) is 9.53 Å². The summed E-state index contributed by atoms with van der Waals surface area (Å²) >= 11 is 3.50. The summed E-state index contributed by atoms with van der Waals surface area (Å²) in [5.74, 6) is -0.160. The number of hydrogen-bond acceptors (Lipinski definition) is 3. The highest BCUT2D eigenvalue weighted by Crippen LogP contribution is 2.52. The summed E-state index contributed by atoms with van der Waals surface area (Å²) in [4.78, 5) is 15.0. The normalized spacial score (nSPS) is 20.8. The van der Waals surface area contributed by atoms with Crippen molar-refractivity contribution in [2.45, 2.75) is 25.0 Å². The first kappa shape index (κ1) is 18.9. The van der Waals surface area contributed by atoms with Crippen molar-refractivity contribution in [3.63, 3.8) is 0 Å². The maximum atomic E-state index is 12.8. The van der Waals surface area contributed by atoms with Gasteiger partial charge in [-0.3, -0.25) is 9.69 Å². The number of carbonyl (C=O) groups is 1. The van der Waals surface area contributed by atoms with Crippen molar-refractivity contribution in [3.8, 4) is 0 Å². The molecule has 1 unspecified atom stereocenters. The summed E-state index contributed by atoms with van der Waals surface area (Å²) in [5.41, 5.74) is 3.46. The molecule has 0 spiro atoms. The van der Waals surface area contributed by atoms with E-state index >= 15 is 0 Å². The van der Waals surface area contributed by atoms with Gasteiger partial charge in [-0.05, 0) is 35.7 Å². The number of nitrogens with zero attached hydrogens (tertiary/aromatic N) is 1. The van der Waals surface area contributed by atoms with Crippen LogP contribution in [-0.4, -0.2) is 23.5 Å². The van der Waals surface area contributed by atoms with Crippen LogP contribution in [0.5, 0.6) is 0 Å². The highest BCUT2D eigenvalue weighted by Gasteiger charge is 2.57. The second kappa shape index (κ2) is 8.29. The number of benzene rings is 3. The SMILES string of the molecule is CCOC(=O)[C@H]1[C@H](c2ccc(Br)cc2)N1C(c1ccccc1)c1ccccc1. The van der Waals surface area contributed by atoms with Gasteiger partial charge in [0.1, 0.15) is 6.04 Å². The molecule has 1 aliphatic heterocycles. The molecule has 4 heteroatoms. The minimum Gasteiger partial charge on any atom is -0.465 e. The molecule has 142 valence electrons. The minimum atomic E-state index is -0.286. The van der Waals surface area contributed by atoms with Crippen LogP contribution in [0.3, 0.4) is 0 Å². The van der Waals surface area contributed by atoms with Gasteiger partial charge in [-0.2, -0.15) is 0 Å². The molecule has 0 N–H and O–H groups in total. The number of halogens is 1. The molecule has 3 nitrogen and oxygen atoms in total. The summed E-state index contributed by atoms with van der Waals surface area (Å²) in [5, 5.41) is 0. The molecule has 0 radical (unpaired) electrons. The van der Waals surface area contributed by atoms with Crippen LogP contribution in [0.4, 0.5) is 0 Å². The minimum absolute atomic E-state index is 0.00226. The lowest BCUT2D eigenvalue weighted by atomic mass is 9.98. The highest BCUT2D eigenvalue weighted by atomic mass is 79.9. The van der Waals surface area contributed by atoms with Gasteiger partial charge in [-0.1, -0.05) is 88.7 Å². The largest absolute Gasteiger partial charge is 0.465 e. The third-order valence-electron chi connectivity index (χ3n) is 5.12. The van der Waals surface area contributed by atoms with Crippen LogP contribution < -0.4 is 0 Å². The molecule has 0 bridgehead atoms. The zero-order valence-electron chi connectivity index (χ0n) is 15.7. The molecular formula is C24H22BrNO2. The predicted molar refractivity (Wildman–Crippen MR) is 114 cm³/mol. The van der Waals surface area contributed by atoms with Gasteiger partial charge >= 0.3 is 5.97 Å². The molecule has 28 heavy (non-hydrogen) atoms. The Morgan fingerprint density at radius 1 is 0.929 bits per heavy atom. The number of carbonyl (C=O) groups excluding carboxylic acids is 1. The molecule has 1 aliphatic rings. The Balaban J connectivity index is 1.76. The smallest absolute Gasteiger partial charge is 0.325 e. The molecule has 0 aliphatic carbocycles. The van der Waals surface area contributed by atoms with E-state index in [2.05, 4.69) is 57.2 Å². The third-order valence-corrected chi connectivity index (χ3v) is 5.65. The van der Waals surface area contributed by atoms with Crippen LogP contribution >= 0.6 is 15.9 Å². The van der Waals surface area contributed by atoms with Gasteiger partial charge in [-0.25, -0.2) is 0 Å². The molecule has 0 amide bonds. The third kappa shape index (κ3) is 3.75. The lowest BCUT2D eigenvalue weighted by molar-refractivity contribution is -0.143. The Labute approximate surface area is 174 Å². The molecule has 0 saturated carbocycles. The van der Waals surface area contributed by atoms with E-state index in [4.69, 9.17) is 4.74 Å². The molecule has 3 atom stereocenters. The van der Waals surface area contributed by atoms with E-state index in [0.717, 1.165) is 10.0 Å². The standard InChI is InChI=1S/C24H22BrNO2/c1-2-28-24(27)23-22(19-13-15-20(25)16-14-19)26(23)21(17-9-5-3-6-10-17)18-11-7-4-8-12-18/h3-16,21-23H,2H2,1H3/t22-,23+,26?/m0/s1. The Hall–Kier alpha value is -2.43. The second-order valence-electron chi connectivity index (χ2n) is 6.86. The fraction of sp³-hybridized carbons (Fsp3) is 0.208. The van der Waals surface area contributed by atoms with Crippen molar-refractivity contribution in [3.05, 3.63) is 106 Å². The average molecular weight is 436 g/mol. The van der Waals surface area contributed by atoms with Crippen molar-refractivity contribution in [2.75, 3.05) is 6.61 Å². The first-order valence-electron chi connectivity index (χ1n) is 9.50. The maximum Gasteiger partial charge on any atom is 0.325 e. The van der Waals surface area contributed by atoms with Gasteiger partial charge in [0, 0.05) is 4.47 Å². The molecular weight excluding hydrogens is 414 g/mol. The van der Waals surface area contributed by atoms with Gasteiger partial charge in [-0.15, -0.1) is 0 Å². The van der Waals surface area contributed by atoms with Crippen LogP contribution in [0.2, 0.25) is 0 Å². The maximum absolute atomic E-state index is 12.8. The van der Waals surface area contributed by atoms with Gasteiger partial charge in [0.15, 0.2) is 0 Å². The van der Waals surface area contributed by atoms with E-state index in [-0.39, 0.29) is 24.1 Å². The van der Waals surface area contributed by atoms with Crippen molar-refractivity contribution >= 4 is 21.9 Å². The van der Waals surface area contributed by atoms with Crippen molar-refractivity contribution < 1.29 is 9.53 Å². The van der Waals surface area contributed by atoms with Crippen LogP contribution in [0.1, 0.15) is 35.7 Å². The van der Waals surface area contributed by atoms with E-state index in [1.807, 2.05) is 55.5 Å². The molecule has 3 aromatic rings. The Morgan fingerprint density at radius 2 is 1.46 bits per heavy atom. The fourth-order valence-electron chi connectivity index (χ4n) is 3.87. The lowest BCUT2D eigenvalue weighted by Gasteiger charge is -2.21. The average Bonchev–Trinajstić information content (AvgIpc) is 3.46.